The average Bonchev–Trinajstić information content (AvgIpc) is 2.47. The van der Waals surface area contributed by atoms with Crippen LogP contribution in [-0.4, -0.2) is 28.8 Å². The lowest BCUT2D eigenvalue weighted by molar-refractivity contribution is 0.0600. The van der Waals surface area contributed by atoms with Gasteiger partial charge in [0.1, 0.15) is 11.4 Å². The van der Waals surface area contributed by atoms with Gasteiger partial charge in [0.25, 0.3) is 0 Å². The third kappa shape index (κ3) is 3.33. The molecule has 1 aromatic heterocycles. The Balaban J connectivity index is 2.39. The summed E-state index contributed by atoms with van der Waals surface area (Å²) in [7, 11) is 1.30. The van der Waals surface area contributed by atoms with Crippen molar-refractivity contribution in [1.82, 2.24) is 9.97 Å². The molecule has 0 amide bonds. The Hall–Kier alpha value is -2.08. The van der Waals surface area contributed by atoms with Gasteiger partial charge >= 0.3 is 5.97 Å². The van der Waals surface area contributed by atoms with E-state index in [0.29, 0.717) is 11.5 Å². The van der Waals surface area contributed by atoms with E-state index < -0.39 is 5.97 Å². The fourth-order valence-electron chi connectivity index (χ4n) is 1.95. The number of hydrogen-bond acceptors (Lipinski definition) is 6. The van der Waals surface area contributed by atoms with E-state index in [2.05, 4.69) is 21.6 Å². The van der Waals surface area contributed by atoms with Crippen molar-refractivity contribution >= 4 is 23.5 Å². The van der Waals surface area contributed by atoms with Gasteiger partial charge in [-0.2, -0.15) is 0 Å². The van der Waals surface area contributed by atoms with Gasteiger partial charge in [0.05, 0.1) is 12.8 Å². The first-order valence-electron chi connectivity index (χ1n) is 6.52. The Morgan fingerprint density at radius 2 is 1.95 bits per heavy atom. The minimum absolute atomic E-state index is 0.136. The lowest BCUT2D eigenvalue weighted by Crippen LogP contribution is -2.12. The number of nitrogens with zero attached hydrogens (tertiary/aromatic N) is 2. The van der Waals surface area contributed by atoms with E-state index in [1.54, 1.807) is 18.7 Å². The number of aryl methyl sites for hydroxylation is 1. The zero-order valence-electron chi connectivity index (χ0n) is 12.2. The Kier molecular flexibility index (Phi) is 4.80. The van der Waals surface area contributed by atoms with Crippen LogP contribution in [0.2, 0.25) is 0 Å². The van der Waals surface area contributed by atoms with E-state index in [0.717, 1.165) is 11.3 Å². The van der Waals surface area contributed by atoms with Gasteiger partial charge in [0.2, 0.25) is 0 Å². The summed E-state index contributed by atoms with van der Waals surface area (Å²) in [6, 6.07) is 7.94. The topological polar surface area (TPSA) is 78.1 Å². The largest absolute Gasteiger partial charge is 0.465 e. The molecule has 0 bridgehead atoms. The van der Waals surface area contributed by atoms with Gasteiger partial charge in [-0.3, -0.25) is 0 Å². The molecule has 0 atom stereocenters. The van der Waals surface area contributed by atoms with E-state index in [9.17, 15) is 4.79 Å². The molecule has 1 heterocycles. The van der Waals surface area contributed by atoms with Crippen molar-refractivity contribution in [1.29, 1.82) is 0 Å². The molecular weight excluding hydrogens is 286 g/mol. The molecule has 0 saturated carbocycles. The third-order valence-electron chi connectivity index (χ3n) is 2.93. The van der Waals surface area contributed by atoms with Gasteiger partial charge in [-0.15, -0.1) is 11.8 Å². The van der Waals surface area contributed by atoms with Crippen molar-refractivity contribution in [3.8, 4) is 11.4 Å². The molecule has 110 valence electrons. The van der Waals surface area contributed by atoms with Crippen LogP contribution in [0, 0.1) is 6.92 Å². The number of ether oxygens (including phenoxy) is 1. The monoisotopic (exact) mass is 303 g/mol. The van der Waals surface area contributed by atoms with Gasteiger partial charge < -0.3 is 10.5 Å². The number of thioether (sulfide) groups is 1. The number of rotatable bonds is 4. The van der Waals surface area contributed by atoms with Crippen LogP contribution in [0.5, 0.6) is 0 Å². The number of anilines is 1. The van der Waals surface area contributed by atoms with Crippen LogP contribution in [0.4, 0.5) is 5.82 Å². The summed E-state index contributed by atoms with van der Waals surface area (Å²) in [5, 5.41) is 0. The molecule has 0 aliphatic heterocycles. The molecule has 6 heteroatoms. The number of carbonyl (C=O) groups excluding carboxylic acids is 1. The van der Waals surface area contributed by atoms with Crippen molar-refractivity contribution in [3.63, 3.8) is 0 Å². The lowest BCUT2D eigenvalue weighted by Gasteiger charge is -2.09. The maximum atomic E-state index is 11.6. The normalized spacial score (nSPS) is 10.4. The number of nitrogen functional groups attached to an aromatic ring is 1. The first-order valence-corrected chi connectivity index (χ1v) is 7.51. The van der Waals surface area contributed by atoms with Crippen molar-refractivity contribution in [2.24, 2.45) is 0 Å². The van der Waals surface area contributed by atoms with Gasteiger partial charge in [-0.25, -0.2) is 14.8 Å². The second kappa shape index (κ2) is 6.58. The van der Waals surface area contributed by atoms with Crippen molar-refractivity contribution < 1.29 is 9.53 Å². The zero-order chi connectivity index (χ0) is 15.4. The van der Waals surface area contributed by atoms with E-state index in [1.165, 1.54) is 12.0 Å². The summed E-state index contributed by atoms with van der Waals surface area (Å²) in [5.41, 5.74) is 7.45. The quantitative estimate of drug-likeness (QED) is 0.691. The molecule has 21 heavy (non-hydrogen) atoms. The molecule has 0 unspecified atom stereocenters. The van der Waals surface area contributed by atoms with Crippen molar-refractivity contribution in [2.75, 3.05) is 18.6 Å². The number of methoxy groups -OCH3 is 1. The zero-order valence-corrected chi connectivity index (χ0v) is 13.0. The molecule has 0 spiro atoms. The van der Waals surface area contributed by atoms with Crippen LogP contribution < -0.4 is 5.73 Å². The average molecular weight is 303 g/mol. The summed E-state index contributed by atoms with van der Waals surface area (Å²) in [6.45, 7) is 3.83. The summed E-state index contributed by atoms with van der Waals surface area (Å²) in [4.78, 5) is 21.4. The SMILES string of the molecule is CCSc1ccc(-c2nc(C)c(C(=O)OC)c(N)n2)cc1. The van der Waals surface area contributed by atoms with Gasteiger partial charge in [0, 0.05) is 10.5 Å². The summed E-state index contributed by atoms with van der Waals surface area (Å²) in [6.07, 6.45) is 0. The van der Waals surface area contributed by atoms with E-state index in [4.69, 9.17) is 5.73 Å². The van der Waals surface area contributed by atoms with Crippen LogP contribution in [0.3, 0.4) is 0 Å². The predicted molar refractivity (Wildman–Crippen MR) is 84.4 cm³/mol. The smallest absolute Gasteiger partial charge is 0.343 e. The minimum Gasteiger partial charge on any atom is -0.465 e. The van der Waals surface area contributed by atoms with Crippen molar-refractivity contribution in [2.45, 2.75) is 18.7 Å². The fourth-order valence-corrected chi connectivity index (χ4v) is 2.61. The lowest BCUT2D eigenvalue weighted by atomic mass is 10.1. The molecule has 0 saturated heterocycles. The highest BCUT2D eigenvalue weighted by atomic mass is 32.2. The Morgan fingerprint density at radius 3 is 2.48 bits per heavy atom. The van der Waals surface area contributed by atoms with Gasteiger partial charge in [-0.05, 0) is 24.8 Å². The van der Waals surface area contributed by atoms with Crippen LogP contribution in [0.15, 0.2) is 29.2 Å². The van der Waals surface area contributed by atoms with Crippen molar-refractivity contribution in [3.05, 3.63) is 35.5 Å². The molecule has 0 fully saturated rings. The molecule has 2 N–H and O–H groups in total. The number of aromatic nitrogens is 2. The predicted octanol–water partition coefficient (Wildman–Crippen LogP) is 2.93. The molecule has 5 nitrogen and oxygen atoms in total. The van der Waals surface area contributed by atoms with Crippen LogP contribution >= 0.6 is 11.8 Å². The first kappa shape index (κ1) is 15.3. The summed E-state index contributed by atoms with van der Waals surface area (Å²) >= 11 is 1.77. The van der Waals surface area contributed by atoms with Gasteiger partial charge in [-0.1, -0.05) is 19.1 Å². The number of nitrogens with two attached hydrogens (primary N) is 1. The highest BCUT2D eigenvalue weighted by Gasteiger charge is 2.17. The second-order valence-corrected chi connectivity index (χ2v) is 5.68. The van der Waals surface area contributed by atoms with E-state index in [1.807, 2.05) is 24.3 Å². The number of benzene rings is 1. The van der Waals surface area contributed by atoms with E-state index in [-0.39, 0.29) is 11.4 Å². The molecular formula is C15H17N3O2S. The number of esters is 1. The maximum Gasteiger partial charge on any atom is 0.343 e. The Morgan fingerprint density at radius 1 is 1.29 bits per heavy atom. The summed E-state index contributed by atoms with van der Waals surface area (Å²) < 4.78 is 4.68. The van der Waals surface area contributed by atoms with Crippen LogP contribution in [0.1, 0.15) is 23.0 Å². The standard InChI is InChI=1S/C15H17N3O2S/c1-4-21-11-7-5-10(6-8-11)14-17-9(2)12(13(16)18-14)15(19)20-3/h5-8H,4H2,1-3H3,(H2,16,17,18). The van der Waals surface area contributed by atoms with Crippen LogP contribution in [0.25, 0.3) is 11.4 Å². The molecule has 2 rings (SSSR count). The minimum atomic E-state index is -0.522. The van der Waals surface area contributed by atoms with Gasteiger partial charge in [0.15, 0.2) is 5.82 Å². The van der Waals surface area contributed by atoms with Crippen LogP contribution in [-0.2, 0) is 4.74 Å². The Labute approximate surface area is 127 Å². The van der Waals surface area contributed by atoms with E-state index >= 15 is 0 Å². The molecule has 0 aliphatic carbocycles. The molecule has 0 aliphatic rings. The summed E-state index contributed by atoms with van der Waals surface area (Å²) in [5.74, 6) is 1.14. The fraction of sp³-hybridized carbons (Fsp3) is 0.267. The molecule has 1 aromatic carbocycles. The first-order chi connectivity index (χ1) is 10.1. The third-order valence-corrected chi connectivity index (χ3v) is 3.83. The highest BCUT2D eigenvalue weighted by molar-refractivity contribution is 7.99. The number of hydrogen-bond donors (Lipinski definition) is 1. The Bertz CT molecular complexity index is 633. The second-order valence-electron chi connectivity index (χ2n) is 4.34. The molecule has 2 aromatic rings. The number of carbonyl (C=O) groups is 1. The maximum absolute atomic E-state index is 11.6. The highest BCUT2D eigenvalue weighted by Crippen LogP contribution is 2.24. The molecule has 0 radical (unpaired) electrons.